The predicted octanol–water partition coefficient (Wildman–Crippen LogP) is 10.3. The summed E-state index contributed by atoms with van der Waals surface area (Å²) in [7, 11) is 0. The van der Waals surface area contributed by atoms with Crippen LogP contribution in [0, 0.1) is 62.1 Å². The lowest BCUT2D eigenvalue weighted by Crippen LogP contribution is -2.66. The first-order chi connectivity index (χ1) is 22.4. The van der Waals surface area contributed by atoms with Crippen LogP contribution in [0.15, 0.2) is 12.2 Å². The monoisotopic (exact) mass is 666 g/mol. The molecule has 0 amide bonds. The number of carboxylic acid groups (broad SMARTS) is 1. The number of carbonyl (C=O) groups excluding carboxylic acids is 1. The lowest BCUT2D eigenvalue weighted by molar-refractivity contribution is -0.250. The number of rotatable bonds is 9. The van der Waals surface area contributed by atoms with E-state index in [0.29, 0.717) is 34.0 Å². The molecule has 5 heteroatoms. The number of piperidine rings is 1. The highest BCUT2D eigenvalue weighted by Crippen LogP contribution is 2.78. The molecule has 1 heterocycles. The van der Waals surface area contributed by atoms with Crippen molar-refractivity contribution in [3.05, 3.63) is 12.2 Å². The summed E-state index contributed by atoms with van der Waals surface area (Å²) in [5.41, 5.74) is 2.15. The van der Waals surface area contributed by atoms with Gasteiger partial charge >= 0.3 is 11.9 Å². The molecular weight excluding hydrogens is 594 g/mol. The van der Waals surface area contributed by atoms with Crippen molar-refractivity contribution >= 4 is 11.9 Å². The largest absolute Gasteiger partial charge is 0.481 e. The Morgan fingerprint density at radius 2 is 1.54 bits per heavy atom. The van der Waals surface area contributed by atoms with Gasteiger partial charge < -0.3 is 14.7 Å². The van der Waals surface area contributed by atoms with Crippen molar-refractivity contribution in [2.75, 3.05) is 19.6 Å². The topological polar surface area (TPSA) is 66.8 Å². The Bertz CT molecular complexity index is 1250. The van der Waals surface area contributed by atoms with E-state index >= 15 is 0 Å². The number of carboxylic acids is 1. The minimum Gasteiger partial charge on any atom is -0.481 e. The van der Waals surface area contributed by atoms with Gasteiger partial charge in [0, 0.05) is 5.41 Å². The molecule has 1 aliphatic heterocycles. The van der Waals surface area contributed by atoms with Crippen molar-refractivity contribution in [2.24, 2.45) is 62.1 Å². The number of hydrogen-bond acceptors (Lipinski definition) is 4. The van der Waals surface area contributed by atoms with E-state index in [-0.39, 0.29) is 35.7 Å². The van der Waals surface area contributed by atoms with E-state index in [4.69, 9.17) is 4.74 Å². The SMILES string of the molecule is C=C(C)C1CC[C@]2(CCN3CCCCC3)CC[C@]3(C)[C@H](CCC4[C@@]5(C)CCC(OC(=O)CC(C)(C)CC(=O)O)C(C)(C)C5CC[C@]43C)C12. The first-order valence-corrected chi connectivity index (χ1v) is 20.2. The van der Waals surface area contributed by atoms with Crippen molar-refractivity contribution in [2.45, 2.75) is 164 Å². The van der Waals surface area contributed by atoms with Gasteiger partial charge in [-0.2, -0.15) is 0 Å². The predicted molar refractivity (Wildman–Crippen MR) is 194 cm³/mol. The van der Waals surface area contributed by atoms with Gasteiger partial charge in [-0.3, -0.25) is 9.59 Å². The molecule has 272 valence electrons. The molecule has 0 aromatic carbocycles. The van der Waals surface area contributed by atoms with Crippen LogP contribution in [0.1, 0.15) is 158 Å². The highest BCUT2D eigenvalue weighted by Gasteiger charge is 2.71. The molecule has 0 spiro atoms. The molecule has 0 radical (unpaired) electrons. The standard InChI is InChI=1S/C43H71NO4/c1-29(2)30-15-20-43(23-26-44-24-11-10-12-25-44)22-21-41(8)31(37(30)43)13-14-33-40(7)18-17-34(39(5,6)32(40)16-19-42(33,41)9)48-36(47)28-38(3,4)27-35(45)46/h30-34,37H,1,10-28H2,2-9H3,(H,45,46)/t30?,31-,32?,33?,34?,37?,40+,41-,42-,43-/m1/s1. The summed E-state index contributed by atoms with van der Waals surface area (Å²) < 4.78 is 6.30. The van der Waals surface area contributed by atoms with E-state index in [1.54, 1.807) is 0 Å². The van der Waals surface area contributed by atoms with Gasteiger partial charge in [0.1, 0.15) is 6.10 Å². The number of carbonyl (C=O) groups is 2. The van der Waals surface area contributed by atoms with Gasteiger partial charge in [-0.25, -0.2) is 0 Å². The molecule has 0 aromatic heterocycles. The summed E-state index contributed by atoms with van der Waals surface area (Å²) in [6.45, 7) is 27.5. The third kappa shape index (κ3) is 5.94. The molecule has 48 heavy (non-hydrogen) atoms. The third-order valence-corrected chi connectivity index (χ3v) is 17.1. The van der Waals surface area contributed by atoms with Crippen LogP contribution in [0.3, 0.4) is 0 Å². The van der Waals surface area contributed by atoms with Gasteiger partial charge in [-0.15, -0.1) is 0 Å². The minimum atomic E-state index is -0.862. The van der Waals surface area contributed by atoms with Crippen molar-refractivity contribution in [1.82, 2.24) is 4.90 Å². The van der Waals surface area contributed by atoms with Crippen LogP contribution in [-0.2, 0) is 14.3 Å². The number of allylic oxidation sites excluding steroid dienone is 1. The molecule has 5 saturated carbocycles. The van der Waals surface area contributed by atoms with Gasteiger partial charge in [-0.1, -0.05) is 67.0 Å². The third-order valence-electron chi connectivity index (χ3n) is 17.1. The molecule has 5 nitrogen and oxygen atoms in total. The first-order valence-electron chi connectivity index (χ1n) is 20.2. The lowest BCUT2D eigenvalue weighted by Gasteiger charge is -2.73. The maximum absolute atomic E-state index is 13.2. The number of nitrogens with zero attached hydrogens (tertiary/aromatic N) is 1. The van der Waals surface area contributed by atoms with Crippen molar-refractivity contribution in [1.29, 1.82) is 0 Å². The van der Waals surface area contributed by atoms with Crippen LogP contribution in [-0.4, -0.2) is 47.7 Å². The molecule has 0 bridgehead atoms. The van der Waals surface area contributed by atoms with Gasteiger partial charge in [-0.05, 0) is 167 Å². The molecule has 6 rings (SSSR count). The van der Waals surface area contributed by atoms with Crippen LogP contribution in [0.5, 0.6) is 0 Å². The van der Waals surface area contributed by atoms with Gasteiger partial charge in [0.25, 0.3) is 0 Å². The van der Waals surface area contributed by atoms with Crippen LogP contribution in [0.2, 0.25) is 0 Å². The van der Waals surface area contributed by atoms with E-state index in [9.17, 15) is 14.7 Å². The highest BCUT2D eigenvalue weighted by atomic mass is 16.5. The fraction of sp³-hybridized carbons (Fsp3) is 0.907. The molecule has 6 aliphatic rings. The Kier molecular flexibility index (Phi) is 9.64. The average molecular weight is 666 g/mol. The summed E-state index contributed by atoms with van der Waals surface area (Å²) in [4.78, 5) is 27.4. The summed E-state index contributed by atoms with van der Waals surface area (Å²) in [6, 6.07) is 0. The molecule has 5 unspecified atom stereocenters. The lowest BCUT2D eigenvalue weighted by atomic mass is 9.32. The number of ether oxygens (including phenoxy) is 1. The molecule has 5 aliphatic carbocycles. The van der Waals surface area contributed by atoms with E-state index in [1.165, 1.54) is 102 Å². The summed E-state index contributed by atoms with van der Waals surface area (Å²) in [5.74, 6) is 2.39. The van der Waals surface area contributed by atoms with Gasteiger partial charge in [0.15, 0.2) is 0 Å². The molecular formula is C43H71NO4. The molecule has 0 aromatic rings. The number of likely N-dealkylation sites (tertiary alicyclic amines) is 1. The number of fused-ring (bicyclic) bond motifs is 7. The smallest absolute Gasteiger partial charge is 0.306 e. The van der Waals surface area contributed by atoms with E-state index in [1.807, 2.05) is 13.8 Å². The number of hydrogen-bond donors (Lipinski definition) is 1. The summed E-state index contributed by atoms with van der Waals surface area (Å²) >= 11 is 0. The Hall–Kier alpha value is -1.36. The van der Waals surface area contributed by atoms with Crippen LogP contribution >= 0.6 is 0 Å². The van der Waals surface area contributed by atoms with Crippen LogP contribution < -0.4 is 0 Å². The van der Waals surface area contributed by atoms with Crippen molar-refractivity contribution in [3.8, 4) is 0 Å². The van der Waals surface area contributed by atoms with Crippen molar-refractivity contribution in [3.63, 3.8) is 0 Å². The second-order valence-corrected chi connectivity index (χ2v) is 20.5. The molecule has 6 fully saturated rings. The summed E-state index contributed by atoms with van der Waals surface area (Å²) in [6.07, 6.45) is 18.4. The Morgan fingerprint density at radius 3 is 2.21 bits per heavy atom. The highest BCUT2D eigenvalue weighted by molar-refractivity contribution is 5.73. The maximum Gasteiger partial charge on any atom is 0.306 e. The average Bonchev–Trinajstić information content (AvgIpc) is 3.38. The van der Waals surface area contributed by atoms with E-state index in [2.05, 4.69) is 53.0 Å². The van der Waals surface area contributed by atoms with E-state index < -0.39 is 11.4 Å². The van der Waals surface area contributed by atoms with Gasteiger partial charge in [0.05, 0.1) is 12.8 Å². The Balaban J connectivity index is 1.22. The quantitative estimate of drug-likeness (QED) is 0.196. The minimum absolute atomic E-state index is 0.0234. The fourth-order valence-electron chi connectivity index (χ4n) is 14.5. The van der Waals surface area contributed by atoms with Crippen LogP contribution in [0.4, 0.5) is 0 Å². The number of aliphatic carboxylic acids is 1. The number of esters is 1. The molecule has 1 N–H and O–H groups in total. The van der Waals surface area contributed by atoms with Gasteiger partial charge in [0.2, 0.25) is 0 Å². The Labute approximate surface area is 293 Å². The fourth-order valence-corrected chi connectivity index (χ4v) is 14.5. The normalized spacial score (nSPS) is 44.1. The second kappa shape index (κ2) is 12.7. The Morgan fingerprint density at radius 1 is 0.833 bits per heavy atom. The van der Waals surface area contributed by atoms with Crippen LogP contribution in [0.25, 0.3) is 0 Å². The van der Waals surface area contributed by atoms with E-state index in [0.717, 1.165) is 24.7 Å². The molecule has 10 atom stereocenters. The maximum atomic E-state index is 13.2. The van der Waals surface area contributed by atoms with Crippen molar-refractivity contribution < 1.29 is 19.4 Å². The zero-order valence-electron chi connectivity index (χ0n) is 32.2. The zero-order valence-corrected chi connectivity index (χ0v) is 32.2. The zero-order chi connectivity index (χ0) is 34.9. The summed E-state index contributed by atoms with van der Waals surface area (Å²) in [5, 5.41) is 9.34. The first kappa shape index (κ1) is 36.4. The molecule has 1 saturated heterocycles. The second-order valence-electron chi connectivity index (χ2n) is 20.5.